The summed E-state index contributed by atoms with van der Waals surface area (Å²) in [6.07, 6.45) is 40.2. The number of unbranched alkanes of at least 4 members (excludes halogenated alkanes) is 12. The highest BCUT2D eigenvalue weighted by Gasteiger charge is 2.01. The summed E-state index contributed by atoms with van der Waals surface area (Å²) >= 11 is 5.52. The zero-order valence-electron chi connectivity index (χ0n) is 38.8. The molecule has 0 radical (unpaired) electrons. The minimum Gasteiger partial charge on any atom is -0.469 e. The lowest BCUT2D eigenvalue weighted by Gasteiger charge is -2.02. The number of halogens is 1. The average Bonchev–Trinajstić information content (AvgIpc) is 3.27. The number of methoxy groups -OCH3 is 2. The van der Waals surface area contributed by atoms with Gasteiger partial charge in [0.05, 0.1) is 26.4 Å². The molecule has 0 amide bonds. The Morgan fingerprint density at radius 1 is 0.587 bits per heavy atom. The van der Waals surface area contributed by atoms with E-state index in [1.807, 2.05) is 32.1 Å². The molecular formula is C54H77ClO8. The van der Waals surface area contributed by atoms with Crippen LogP contribution in [-0.2, 0) is 19.1 Å². The lowest BCUT2D eigenvalue weighted by Crippen LogP contribution is -2.04. The SMILES string of the molecule is C#CC#CC(O)C#CCC(O)CCC.CCCC(O)CC#CC(O)C#CC#CC=CC=CCCCCCCCCC(=O)OC.COC(=O)CCCCCCCC/C=C\C/C=C\CCl. The molecular weight excluding hydrogens is 812 g/mol. The molecule has 0 aromatic rings. The Bertz CT molecular complexity index is 1610. The van der Waals surface area contributed by atoms with Gasteiger partial charge < -0.3 is 29.9 Å². The highest BCUT2D eigenvalue weighted by molar-refractivity contribution is 6.18. The van der Waals surface area contributed by atoms with Crippen LogP contribution in [0.15, 0.2) is 48.6 Å². The van der Waals surface area contributed by atoms with Crippen molar-refractivity contribution in [2.45, 2.75) is 186 Å². The fourth-order valence-electron chi connectivity index (χ4n) is 5.19. The highest BCUT2D eigenvalue weighted by atomic mass is 35.5. The fraction of sp³-hybridized carbons (Fsp3) is 0.593. The van der Waals surface area contributed by atoms with Gasteiger partial charge in [0, 0.05) is 31.6 Å². The molecule has 0 fully saturated rings. The van der Waals surface area contributed by atoms with E-state index < -0.39 is 24.4 Å². The zero-order valence-corrected chi connectivity index (χ0v) is 39.5. The summed E-state index contributed by atoms with van der Waals surface area (Å²) < 4.78 is 9.21. The Labute approximate surface area is 387 Å². The van der Waals surface area contributed by atoms with Crippen molar-refractivity contribution >= 4 is 23.5 Å². The summed E-state index contributed by atoms with van der Waals surface area (Å²) in [5.74, 6) is 28.1. The molecule has 9 heteroatoms. The second-order valence-corrected chi connectivity index (χ2v) is 14.6. The van der Waals surface area contributed by atoms with Crippen LogP contribution in [-0.4, -0.2) is 76.9 Å². The van der Waals surface area contributed by atoms with E-state index >= 15 is 0 Å². The van der Waals surface area contributed by atoms with Crippen molar-refractivity contribution in [1.29, 1.82) is 0 Å². The summed E-state index contributed by atoms with van der Waals surface area (Å²) in [4.78, 5) is 21.8. The van der Waals surface area contributed by atoms with E-state index in [9.17, 15) is 24.9 Å². The number of aliphatic hydroxyl groups is 4. The van der Waals surface area contributed by atoms with Gasteiger partial charge in [-0.05, 0) is 99.4 Å². The van der Waals surface area contributed by atoms with E-state index in [2.05, 4.69) is 98.9 Å². The monoisotopic (exact) mass is 889 g/mol. The van der Waals surface area contributed by atoms with Gasteiger partial charge in [0.25, 0.3) is 0 Å². The van der Waals surface area contributed by atoms with E-state index in [1.165, 1.54) is 59.2 Å². The molecule has 0 aliphatic rings. The molecule has 0 saturated heterocycles. The van der Waals surface area contributed by atoms with Gasteiger partial charge in [-0.1, -0.05) is 150 Å². The lowest BCUT2D eigenvalue weighted by atomic mass is 10.1. The van der Waals surface area contributed by atoms with Crippen LogP contribution >= 0.6 is 11.6 Å². The summed E-state index contributed by atoms with van der Waals surface area (Å²) in [7, 11) is 2.87. The summed E-state index contributed by atoms with van der Waals surface area (Å²) in [5, 5.41) is 37.5. The van der Waals surface area contributed by atoms with Crippen LogP contribution in [0.4, 0.5) is 0 Å². The number of hydrogen-bond donors (Lipinski definition) is 4. The number of carbonyl (C=O) groups is 2. The first-order valence-corrected chi connectivity index (χ1v) is 23.1. The number of esters is 2. The van der Waals surface area contributed by atoms with Gasteiger partial charge in [-0.2, -0.15) is 0 Å². The number of allylic oxidation sites excluding steroid dienone is 8. The summed E-state index contributed by atoms with van der Waals surface area (Å²) in [6, 6.07) is 0. The Morgan fingerprint density at radius 2 is 1.05 bits per heavy atom. The molecule has 0 heterocycles. The Morgan fingerprint density at radius 3 is 1.52 bits per heavy atom. The van der Waals surface area contributed by atoms with Crippen molar-refractivity contribution in [1.82, 2.24) is 0 Å². The van der Waals surface area contributed by atoms with E-state index in [4.69, 9.17) is 23.1 Å². The zero-order chi connectivity index (χ0) is 47.3. The Hall–Kier alpha value is -4.61. The first kappa shape index (κ1) is 62.7. The van der Waals surface area contributed by atoms with Crippen LogP contribution < -0.4 is 0 Å². The maximum atomic E-state index is 11.0. The maximum Gasteiger partial charge on any atom is 0.305 e. The summed E-state index contributed by atoms with van der Waals surface area (Å²) in [5.41, 5.74) is 0. The molecule has 4 atom stereocenters. The maximum absolute atomic E-state index is 11.0. The Balaban J connectivity index is -0.000000932. The second-order valence-electron chi connectivity index (χ2n) is 14.3. The van der Waals surface area contributed by atoms with Crippen molar-refractivity contribution in [2.24, 2.45) is 0 Å². The highest BCUT2D eigenvalue weighted by Crippen LogP contribution is 2.11. The van der Waals surface area contributed by atoms with Crippen LogP contribution in [0, 0.1) is 71.5 Å². The largest absolute Gasteiger partial charge is 0.469 e. The first-order chi connectivity index (χ1) is 30.6. The van der Waals surface area contributed by atoms with Gasteiger partial charge in [0.2, 0.25) is 0 Å². The van der Waals surface area contributed by atoms with Gasteiger partial charge in [0.15, 0.2) is 12.2 Å². The van der Waals surface area contributed by atoms with Gasteiger partial charge in [-0.3, -0.25) is 9.59 Å². The predicted octanol–water partition coefficient (Wildman–Crippen LogP) is 9.87. The van der Waals surface area contributed by atoms with E-state index in [0.717, 1.165) is 70.6 Å². The van der Waals surface area contributed by atoms with Crippen molar-refractivity contribution < 1.29 is 39.5 Å². The van der Waals surface area contributed by atoms with E-state index in [1.54, 1.807) is 6.08 Å². The number of ether oxygens (including phenoxy) is 2. The van der Waals surface area contributed by atoms with Crippen LogP contribution in [0.25, 0.3) is 0 Å². The van der Waals surface area contributed by atoms with Crippen molar-refractivity contribution in [2.75, 3.05) is 20.1 Å². The Kier molecular flexibility index (Phi) is 53.3. The third kappa shape index (κ3) is 57.4. The van der Waals surface area contributed by atoms with Crippen LogP contribution in [0.5, 0.6) is 0 Å². The topological polar surface area (TPSA) is 134 Å². The molecule has 4 N–H and O–H groups in total. The smallest absolute Gasteiger partial charge is 0.305 e. The molecule has 0 spiro atoms. The van der Waals surface area contributed by atoms with E-state index in [-0.39, 0.29) is 11.9 Å². The van der Waals surface area contributed by atoms with Crippen molar-refractivity contribution in [3.63, 3.8) is 0 Å². The predicted molar refractivity (Wildman–Crippen MR) is 261 cm³/mol. The number of aliphatic hydroxyl groups excluding tert-OH is 4. The minimum absolute atomic E-state index is 0.0895. The molecule has 348 valence electrons. The summed E-state index contributed by atoms with van der Waals surface area (Å²) in [6.45, 7) is 3.99. The minimum atomic E-state index is -1.04. The average molecular weight is 890 g/mol. The second kappa shape index (κ2) is 53.5. The third-order valence-corrected chi connectivity index (χ3v) is 8.78. The standard InChI is InChI=1S/C26H36O4.C16H27ClO2.C12H14O2/c1-3-19-24(27)21-18-22-25(28)20-16-14-12-10-8-6-4-5-7-9-11-13-15-17-23-26(29)30-2;1-19-16(18)14-12-10-8-6-4-2-3-5-7-9-11-13-15-17;1-3-5-8-12(14)10-6-9-11(13)7-4-2/h4,6,8,10,24-25,27-28H,3,5,7,9,11,13,15,17,19,21,23H2,1-2H3;5,7,11,13H,2-4,6,8-10,12,14-15H2,1H3;1,11-14H,4,7,9H2,2H3/b;7-5-,13-11-;. The van der Waals surface area contributed by atoms with Crippen molar-refractivity contribution in [3.8, 4) is 71.5 Å². The number of rotatable bonds is 28. The molecule has 0 bridgehead atoms. The number of terminal acetylenes is 1. The van der Waals surface area contributed by atoms with E-state index in [0.29, 0.717) is 38.0 Å². The van der Waals surface area contributed by atoms with Gasteiger partial charge in [-0.15, -0.1) is 18.0 Å². The molecule has 0 aromatic carbocycles. The van der Waals surface area contributed by atoms with Crippen molar-refractivity contribution in [3.05, 3.63) is 48.6 Å². The van der Waals surface area contributed by atoms with Crippen LogP contribution in [0.3, 0.4) is 0 Å². The fourth-order valence-corrected chi connectivity index (χ4v) is 5.32. The molecule has 0 saturated carbocycles. The number of alkyl halides is 1. The quantitative estimate of drug-likeness (QED) is 0.0153. The molecule has 0 aliphatic heterocycles. The number of hydrogen-bond acceptors (Lipinski definition) is 8. The van der Waals surface area contributed by atoms with Gasteiger partial charge >= 0.3 is 11.9 Å². The molecule has 8 nitrogen and oxygen atoms in total. The van der Waals surface area contributed by atoms with Gasteiger partial charge in [-0.25, -0.2) is 0 Å². The molecule has 0 aliphatic carbocycles. The van der Waals surface area contributed by atoms with Crippen LogP contribution in [0.2, 0.25) is 0 Å². The molecule has 0 aromatic heterocycles. The third-order valence-electron chi connectivity index (χ3n) is 8.60. The van der Waals surface area contributed by atoms with Crippen LogP contribution in [0.1, 0.15) is 162 Å². The molecule has 4 unspecified atom stereocenters. The first-order valence-electron chi connectivity index (χ1n) is 22.6. The normalized spacial score (nSPS) is 12.1. The molecule has 63 heavy (non-hydrogen) atoms. The lowest BCUT2D eigenvalue weighted by molar-refractivity contribution is -0.141. The number of carbonyl (C=O) groups excluding carboxylic acids is 2. The van der Waals surface area contributed by atoms with Gasteiger partial charge in [0.1, 0.15) is 0 Å². The molecule has 0 rings (SSSR count).